The van der Waals surface area contributed by atoms with Gasteiger partial charge in [-0.3, -0.25) is 0 Å². The fraction of sp³-hybridized carbons (Fsp3) is 0.250. The standard InChI is InChI=1S/C8H3F5INO3/c9-6(10)5-3(18-8(11,12)13)1-2(14)4(15-5)7(16)17/h1,6H,(H,16,17). The number of carboxylic acid groups (broad SMARTS) is 1. The van der Waals surface area contributed by atoms with Crippen LogP contribution in [0.15, 0.2) is 6.07 Å². The molecule has 1 heterocycles. The highest BCUT2D eigenvalue weighted by atomic mass is 127. The van der Waals surface area contributed by atoms with Crippen molar-refractivity contribution in [3.8, 4) is 5.75 Å². The van der Waals surface area contributed by atoms with E-state index in [1.165, 1.54) is 22.6 Å². The van der Waals surface area contributed by atoms with Crippen LogP contribution in [0.5, 0.6) is 5.75 Å². The molecule has 100 valence electrons. The van der Waals surface area contributed by atoms with Gasteiger partial charge >= 0.3 is 12.3 Å². The van der Waals surface area contributed by atoms with Gasteiger partial charge in [-0.1, -0.05) is 0 Å². The monoisotopic (exact) mass is 383 g/mol. The van der Waals surface area contributed by atoms with Crippen LogP contribution in [0.2, 0.25) is 0 Å². The molecule has 0 saturated carbocycles. The van der Waals surface area contributed by atoms with Gasteiger partial charge in [0, 0.05) is 3.57 Å². The molecular weight excluding hydrogens is 380 g/mol. The quantitative estimate of drug-likeness (QED) is 0.644. The Morgan fingerprint density at radius 2 is 2.00 bits per heavy atom. The van der Waals surface area contributed by atoms with Crippen LogP contribution >= 0.6 is 22.6 Å². The number of alkyl halides is 5. The minimum atomic E-state index is -5.17. The van der Waals surface area contributed by atoms with Gasteiger partial charge in [0.05, 0.1) is 0 Å². The second-order valence-corrected chi connectivity index (χ2v) is 4.02. The third kappa shape index (κ3) is 3.65. The van der Waals surface area contributed by atoms with E-state index < -0.39 is 35.9 Å². The molecule has 0 fully saturated rings. The van der Waals surface area contributed by atoms with Crippen molar-refractivity contribution in [2.75, 3.05) is 0 Å². The van der Waals surface area contributed by atoms with Crippen LogP contribution in [0, 0.1) is 3.57 Å². The number of halogens is 6. The first kappa shape index (κ1) is 14.9. The van der Waals surface area contributed by atoms with Crippen LogP contribution in [0.4, 0.5) is 22.0 Å². The van der Waals surface area contributed by atoms with Crippen LogP contribution in [0.1, 0.15) is 22.6 Å². The predicted molar refractivity (Wildman–Crippen MR) is 55.6 cm³/mol. The van der Waals surface area contributed by atoms with E-state index in [0.29, 0.717) is 6.07 Å². The molecule has 0 unspecified atom stereocenters. The van der Waals surface area contributed by atoms with Gasteiger partial charge in [0.15, 0.2) is 11.4 Å². The SMILES string of the molecule is O=C(O)c1nc(C(F)F)c(OC(F)(F)F)cc1I. The lowest BCUT2D eigenvalue weighted by Crippen LogP contribution is -2.19. The number of hydrogen-bond donors (Lipinski definition) is 1. The summed E-state index contributed by atoms with van der Waals surface area (Å²) in [6, 6.07) is 0.548. The van der Waals surface area contributed by atoms with E-state index in [4.69, 9.17) is 5.11 Å². The highest BCUT2D eigenvalue weighted by Gasteiger charge is 2.34. The Morgan fingerprint density at radius 3 is 2.39 bits per heavy atom. The van der Waals surface area contributed by atoms with Gasteiger partial charge in [0.1, 0.15) is 5.69 Å². The molecule has 0 saturated heterocycles. The number of carbonyl (C=O) groups is 1. The fourth-order valence-electron chi connectivity index (χ4n) is 0.999. The molecule has 0 spiro atoms. The Labute approximate surface area is 110 Å². The predicted octanol–water partition coefficient (Wildman–Crippen LogP) is 3.22. The molecule has 0 radical (unpaired) electrons. The smallest absolute Gasteiger partial charge is 0.476 e. The van der Waals surface area contributed by atoms with Crippen molar-refractivity contribution in [2.45, 2.75) is 12.8 Å². The van der Waals surface area contributed by atoms with E-state index in [2.05, 4.69) is 9.72 Å². The van der Waals surface area contributed by atoms with Crippen molar-refractivity contribution in [1.82, 2.24) is 4.98 Å². The molecule has 10 heteroatoms. The minimum absolute atomic E-state index is 0.247. The molecule has 4 nitrogen and oxygen atoms in total. The van der Waals surface area contributed by atoms with Gasteiger partial charge in [-0.05, 0) is 28.7 Å². The van der Waals surface area contributed by atoms with Gasteiger partial charge in [0.25, 0.3) is 6.43 Å². The van der Waals surface area contributed by atoms with Crippen LogP contribution in [0.3, 0.4) is 0 Å². The van der Waals surface area contributed by atoms with Crippen LogP contribution in [0.25, 0.3) is 0 Å². The molecule has 1 aromatic heterocycles. The first-order chi connectivity index (χ1) is 8.11. The number of pyridine rings is 1. The number of aromatic carboxylic acids is 1. The summed E-state index contributed by atoms with van der Waals surface area (Å²) in [5.74, 6) is -2.84. The summed E-state index contributed by atoms with van der Waals surface area (Å²) in [4.78, 5) is 13.6. The number of rotatable bonds is 3. The van der Waals surface area contributed by atoms with Crippen LogP contribution in [-0.4, -0.2) is 22.4 Å². The van der Waals surface area contributed by atoms with Crippen molar-refractivity contribution in [2.24, 2.45) is 0 Å². The average molecular weight is 383 g/mol. The fourth-order valence-corrected chi connectivity index (χ4v) is 1.63. The summed E-state index contributed by atoms with van der Waals surface area (Å²) in [5, 5.41) is 8.62. The molecule has 1 rings (SSSR count). The largest absolute Gasteiger partial charge is 0.573 e. The molecule has 0 atom stereocenters. The van der Waals surface area contributed by atoms with Crippen molar-refractivity contribution in [3.63, 3.8) is 0 Å². The van der Waals surface area contributed by atoms with Crippen LogP contribution in [-0.2, 0) is 0 Å². The maximum absolute atomic E-state index is 12.5. The third-order valence-corrected chi connectivity index (χ3v) is 2.43. The number of hydrogen-bond acceptors (Lipinski definition) is 3. The topological polar surface area (TPSA) is 59.4 Å². The highest BCUT2D eigenvalue weighted by Crippen LogP contribution is 2.33. The average Bonchev–Trinajstić information content (AvgIpc) is 2.13. The van der Waals surface area contributed by atoms with Crippen molar-refractivity contribution >= 4 is 28.6 Å². The maximum atomic E-state index is 12.5. The molecule has 0 bridgehead atoms. The van der Waals surface area contributed by atoms with Crippen molar-refractivity contribution in [1.29, 1.82) is 0 Å². The lowest BCUT2D eigenvalue weighted by Gasteiger charge is -2.13. The van der Waals surface area contributed by atoms with Gasteiger partial charge in [-0.25, -0.2) is 18.6 Å². The summed E-state index contributed by atoms with van der Waals surface area (Å²) in [6.07, 6.45) is -8.56. The maximum Gasteiger partial charge on any atom is 0.573 e. The molecule has 0 aromatic carbocycles. The van der Waals surface area contributed by atoms with E-state index in [0.717, 1.165) is 0 Å². The number of carboxylic acids is 1. The molecule has 1 aromatic rings. The number of ether oxygens (including phenoxy) is 1. The molecule has 0 aliphatic carbocycles. The molecular formula is C8H3F5INO3. The van der Waals surface area contributed by atoms with E-state index in [1.54, 1.807) is 0 Å². The second kappa shape index (κ2) is 5.20. The molecule has 0 aliphatic heterocycles. The first-order valence-electron chi connectivity index (χ1n) is 4.09. The minimum Gasteiger partial charge on any atom is -0.476 e. The normalized spacial score (nSPS) is 11.7. The Kier molecular flexibility index (Phi) is 4.29. The second-order valence-electron chi connectivity index (χ2n) is 2.86. The molecule has 0 amide bonds. The zero-order valence-corrected chi connectivity index (χ0v) is 10.3. The summed E-state index contributed by atoms with van der Waals surface area (Å²) in [6.45, 7) is 0. The zero-order chi connectivity index (χ0) is 14.1. The van der Waals surface area contributed by atoms with E-state index in [-0.39, 0.29) is 3.57 Å². The van der Waals surface area contributed by atoms with Gasteiger partial charge in [-0.2, -0.15) is 0 Å². The molecule has 0 aliphatic rings. The Balaban J connectivity index is 3.34. The third-order valence-electron chi connectivity index (χ3n) is 1.60. The van der Waals surface area contributed by atoms with E-state index in [9.17, 15) is 26.7 Å². The highest BCUT2D eigenvalue weighted by molar-refractivity contribution is 14.1. The zero-order valence-electron chi connectivity index (χ0n) is 8.13. The van der Waals surface area contributed by atoms with Gasteiger partial charge in [0.2, 0.25) is 0 Å². The van der Waals surface area contributed by atoms with Gasteiger partial charge in [-0.15, -0.1) is 13.2 Å². The summed E-state index contributed by atoms with van der Waals surface area (Å²) < 4.78 is 64.0. The van der Waals surface area contributed by atoms with Crippen molar-refractivity contribution < 1.29 is 36.6 Å². The van der Waals surface area contributed by atoms with E-state index in [1.807, 2.05) is 0 Å². The number of nitrogens with zero attached hydrogens (tertiary/aromatic N) is 1. The van der Waals surface area contributed by atoms with Gasteiger partial charge < -0.3 is 9.84 Å². The Morgan fingerprint density at radius 1 is 1.44 bits per heavy atom. The summed E-state index contributed by atoms with van der Waals surface area (Å²) >= 11 is 1.36. The Bertz CT molecular complexity index is 477. The first-order valence-corrected chi connectivity index (χ1v) is 5.17. The van der Waals surface area contributed by atoms with Crippen molar-refractivity contribution in [3.05, 3.63) is 21.0 Å². The summed E-state index contributed by atoms with van der Waals surface area (Å²) in [7, 11) is 0. The summed E-state index contributed by atoms with van der Waals surface area (Å²) in [5.41, 5.74) is -2.13. The lowest BCUT2D eigenvalue weighted by atomic mass is 10.3. The lowest BCUT2D eigenvalue weighted by molar-refractivity contribution is -0.275. The Hall–Kier alpha value is -1.20. The van der Waals surface area contributed by atoms with E-state index >= 15 is 0 Å². The number of aromatic nitrogens is 1. The van der Waals surface area contributed by atoms with Crippen LogP contribution < -0.4 is 4.74 Å². The molecule has 1 N–H and O–H groups in total. The molecule has 18 heavy (non-hydrogen) atoms.